The fraction of sp³-hybridized carbons (Fsp3) is 0.667. The molecule has 0 amide bonds. The first-order valence-electron chi connectivity index (χ1n) is 3.00. The fourth-order valence-electron chi connectivity index (χ4n) is 0.690. The standard InChI is InChI=1S/C6H8O4/c7-1-5-3-9-6(2-8)10-4-5/h1-2,5-6H,3-4H2. The first-order valence-corrected chi connectivity index (χ1v) is 3.00. The van der Waals surface area contributed by atoms with Gasteiger partial charge in [0.2, 0.25) is 6.29 Å². The molecule has 1 rings (SSSR count). The van der Waals surface area contributed by atoms with Crippen LogP contribution >= 0.6 is 0 Å². The third-order valence-electron chi connectivity index (χ3n) is 1.25. The van der Waals surface area contributed by atoms with Crippen LogP contribution in [0.3, 0.4) is 0 Å². The van der Waals surface area contributed by atoms with Crippen molar-refractivity contribution in [2.75, 3.05) is 13.2 Å². The highest BCUT2D eigenvalue weighted by Crippen LogP contribution is 2.06. The molecule has 56 valence electrons. The number of hydrogen-bond acceptors (Lipinski definition) is 4. The van der Waals surface area contributed by atoms with E-state index in [1.807, 2.05) is 0 Å². The predicted molar refractivity (Wildman–Crippen MR) is 31.3 cm³/mol. The highest BCUT2D eigenvalue weighted by atomic mass is 16.7. The lowest BCUT2D eigenvalue weighted by Crippen LogP contribution is -2.33. The van der Waals surface area contributed by atoms with E-state index in [0.29, 0.717) is 6.29 Å². The Morgan fingerprint density at radius 3 is 2.10 bits per heavy atom. The molecule has 0 aliphatic carbocycles. The molecule has 0 spiro atoms. The summed E-state index contributed by atoms with van der Waals surface area (Å²) in [4.78, 5) is 20.1. The van der Waals surface area contributed by atoms with Gasteiger partial charge in [-0.3, -0.25) is 4.79 Å². The number of rotatable bonds is 2. The van der Waals surface area contributed by atoms with Crippen molar-refractivity contribution in [1.82, 2.24) is 0 Å². The monoisotopic (exact) mass is 144 g/mol. The fourth-order valence-corrected chi connectivity index (χ4v) is 0.690. The van der Waals surface area contributed by atoms with Gasteiger partial charge in [-0.15, -0.1) is 0 Å². The topological polar surface area (TPSA) is 52.6 Å². The van der Waals surface area contributed by atoms with Crippen molar-refractivity contribution >= 4 is 12.6 Å². The summed E-state index contributed by atoms with van der Waals surface area (Å²) in [5, 5.41) is 0. The number of carbonyl (C=O) groups excluding carboxylic acids is 2. The van der Waals surface area contributed by atoms with E-state index in [2.05, 4.69) is 0 Å². The van der Waals surface area contributed by atoms with Crippen LogP contribution in [0.2, 0.25) is 0 Å². The minimum absolute atomic E-state index is 0.212. The molecule has 0 aromatic heterocycles. The Morgan fingerprint density at radius 2 is 1.70 bits per heavy atom. The Bertz CT molecular complexity index is 110. The Balaban J connectivity index is 2.30. The van der Waals surface area contributed by atoms with Crippen LogP contribution < -0.4 is 0 Å². The van der Waals surface area contributed by atoms with Crippen molar-refractivity contribution in [3.63, 3.8) is 0 Å². The van der Waals surface area contributed by atoms with Gasteiger partial charge in [-0.1, -0.05) is 0 Å². The molecular weight excluding hydrogens is 136 g/mol. The van der Waals surface area contributed by atoms with Crippen molar-refractivity contribution < 1.29 is 19.1 Å². The van der Waals surface area contributed by atoms with Crippen molar-refractivity contribution in [3.8, 4) is 0 Å². The van der Waals surface area contributed by atoms with Gasteiger partial charge in [0.1, 0.15) is 6.29 Å². The summed E-state index contributed by atoms with van der Waals surface area (Å²) < 4.78 is 9.62. The van der Waals surface area contributed by atoms with Gasteiger partial charge in [-0.05, 0) is 0 Å². The zero-order valence-corrected chi connectivity index (χ0v) is 5.36. The lowest BCUT2D eigenvalue weighted by atomic mass is 10.2. The van der Waals surface area contributed by atoms with E-state index in [1.165, 1.54) is 0 Å². The van der Waals surface area contributed by atoms with Crippen LogP contribution in [0.4, 0.5) is 0 Å². The zero-order valence-electron chi connectivity index (χ0n) is 5.36. The van der Waals surface area contributed by atoms with Gasteiger partial charge in [0.05, 0.1) is 19.1 Å². The summed E-state index contributed by atoms with van der Waals surface area (Å²) in [5.74, 6) is -0.212. The summed E-state index contributed by atoms with van der Waals surface area (Å²) in [5.41, 5.74) is 0. The molecule has 1 saturated heterocycles. The van der Waals surface area contributed by atoms with Crippen LogP contribution in [0.1, 0.15) is 0 Å². The first-order chi connectivity index (χ1) is 4.86. The van der Waals surface area contributed by atoms with Gasteiger partial charge in [0, 0.05) is 0 Å². The summed E-state index contributed by atoms with van der Waals surface area (Å²) in [6.07, 6.45) is 0.568. The van der Waals surface area contributed by atoms with E-state index in [4.69, 9.17) is 9.47 Å². The van der Waals surface area contributed by atoms with Crippen LogP contribution in [-0.2, 0) is 19.1 Å². The minimum Gasteiger partial charge on any atom is -0.345 e. The molecule has 0 aromatic carbocycles. The third-order valence-corrected chi connectivity index (χ3v) is 1.25. The molecule has 4 heteroatoms. The quantitative estimate of drug-likeness (QED) is 0.484. The number of aldehydes is 2. The van der Waals surface area contributed by atoms with Gasteiger partial charge in [-0.25, -0.2) is 0 Å². The summed E-state index contributed by atoms with van der Waals surface area (Å²) >= 11 is 0. The van der Waals surface area contributed by atoms with Gasteiger partial charge in [0.25, 0.3) is 0 Å². The van der Waals surface area contributed by atoms with Gasteiger partial charge >= 0.3 is 0 Å². The van der Waals surface area contributed by atoms with Gasteiger partial charge < -0.3 is 14.3 Å². The Hall–Kier alpha value is -0.740. The van der Waals surface area contributed by atoms with Gasteiger partial charge in [-0.2, -0.15) is 0 Å². The number of ether oxygens (including phenoxy) is 2. The first kappa shape index (κ1) is 7.37. The van der Waals surface area contributed by atoms with E-state index in [1.54, 1.807) is 0 Å². The molecule has 0 bridgehead atoms. The summed E-state index contributed by atoms with van der Waals surface area (Å²) in [6, 6.07) is 0. The van der Waals surface area contributed by atoms with Crippen molar-refractivity contribution in [2.24, 2.45) is 5.92 Å². The Labute approximate surface area is 58.1 Å². The van der Waals surface area contributed by atoms with Crippen molar-refractivity contribution in [2.45, 2.75) is 6.29 Å². The molecule has 1 aliphatic heterocycles. The SMILES string of the molecule is O=CC1COC(C=O)OC1. The van der Waals surface area contributed by atoms with Crippen molar-refractivity contribution in [3.05, 3.63) is 0 Å². The molecule has 0 radical (unpaired) electrons. The molecule has 0 atom stereocenters. The second kappa shape index (κ2) is 3.43. The zero-order chi connectivity index (χ0) is 7.40. The van der Waals surface area contributed by atoms with Crippen LogP contribution in [0.5, 0.6) is 0 Å². The Morgan fingerprint density at radius 1 is 1.10 bits per heavy atom. The maximum Gasteiger partial charge on any atom is 0.214 e. The molecule has 0 unspecified atom stereocenters. The maximum absolute atomic E-state index is 10.1. The molecule has 1 aliphatic rings. The second-order valence-electron chi connectivity index (χ2n) is 2.07. The van der Waals surface area contributed by atoms with E-state index in [-0.39, 0.29) is 19.1 Å². The molecule has 4 nitrogen and oxygen atoms in total. The predicted octanol–water partition coefficient (Wildman–Crippen LogP) is -0.627. The number of hydrogen-bond donors (Lipinski definition) is 0. The van der Waals surface area contributed by atoms with E-state index >= 15 is 0 Å². The largest absolute Gasteiger partial charge is 0.345 e. The molecule has 0 N–H and O–H groups in total. The smallest absolute Gasteiger partial charge is 0.214 e. The molecule has 0 saturated carbocycles. The normalized spacial score (nSPS) is 33.2. The highest BCUT2D eigenvalue weighted by Gasteiger charge is 2.20. The minimum atomic E-state index is -0.767. The Kier molecular flexibility index (Phi) is 2.53. The van der Waals surface area contributed by atoms with Gasteiger partial charge in [0.15, 0.2) is 6.29 Å². The number of carbonyl (C=O) groups is 2. The van der Waals surface area contributed by atoms with Crippen LogP contribution in [0, 0.1) is 5.92 Å². The van der Waals surface area contributed by atoms with E-state index < -0.39 is 6.29 Å². The second-order valence-corrected chi connectivity index (χ2v) is 2.07. The van der Waals surface area contributed by atoms with Crippen molar-refractivity contribution in [1.29, 1.82) is 0 Å². The van der Waals surface area contributed by atoms with Crippen LogP contribution in [-0.4, -0.2) is 32.1 Å². The van der Waals surface area contributed by atoms with E-state index in [9.17, 15) is 9.59 Å². The molecule has 1 fully saturated rings. The lowest BCUT2D eigenvalue weighted by Gasteiger charge is -2.22. The van der Waals surface area contributed by atoms with Crippen LogP contribution in [0.15, 0.2) is 0 Å². The molecular formula is C6H8O4. The summed E-state index contributed by atoms with van der Waals surface area (Å²) in [6.45, 7) is 0.569. The average Bonchev–Trinajstić information content (AvgIpc) is 2.05. The molecule has 0 aromatic rings. The summed E-state index contributed by atoms with van der Waals surface area (Å²) in [7, 11) is 0. The van der Waals surface area contributed by atoms with E-state index in [0.717, 1.165) is 6.29 Å². The highest BCUT2D eigenvalue weighted by molar-refractivity contribution is 5.56. The lowest BCUT2D eigenvalue weighted by molar-refractivity contribution is -0.191. The average molecular weight is 144 g/mol. The molecule has 1 heterocycles. The van der Waals surface area contributed by atoms with Crippen LogP contribution in [0.25, 0.3) is 0 Å². The third kappa shape index (κ3) is 1.62. The maximum atomic E-state index is 10.1. The molecule has 10 heavy (non-hydrogen) atoms.